The molecule has 0 saturated carbocycles. The number of benzene rings is 2. The molecule has 0 spiro atoms. The van der Waals surface area contributed by atoms with Crippen molar-refractivity contribution in [1.29, 1.82) is 0 Å². The highest BCUT2D eigenvalue weighted by molar-refractivity contribution is 5.47. The summed E-state index contributed by atoms with van der Waals surface area (Å²) in [4.78, 5) is 0. The van der Waals surface area contributed by atoms with Gasteiger partial charge in [-0.05, 0) is 0 Å². The maximum atomic E-state index is 13.7. The number of hydrogen-bond acceptors (Lipinski definition) is 2. The smallest absolute Gasteiger partial charge is 0.423 e. The van der Waals surface area contributed by atoms with E-state index < -0.39 is 75.5 Å². The largest absolute Gasteiger partial charge is 0.504 e. The first-order chi connectivity index (χ1) is 11.8. The molecule has 0 amide bonds. The number of rotatable bonds is 2. The maximum absolute atomic E-state index is 13.7. The summed E-state index contributed by atoms with van der Waals surface area (Å²) in [5, 5.41) is 9.01. The van der Waals surface area contributed by atoms with Gasteiger partial charge < -0.3 is 9.84 Å². The highest BCUT2D eigenvalue weighted by atomic mass is 19.4. The molecular formula is C13HF11O2. The van der Waals surface area contributed by atoms with Gasteiger partial charge in [0, 0.05) is 0 Å². The van der Waals surface area contributed by atoms with Crippen molar-refractivity contribution in [3.8, 4) is 17.2 Å². The monoisotopic (exact) mass is 398 g/mol. The number of aromatic hydroxyl groups is 1. The molecule has 0 bridgehead atoms. The second-order valence-corrected chi connectivity index (χ2v) is 4.49. The molecule has 2 rings (SSSR count). The van der Waals surface area contributed by atoms with E-state index in [-0.39, 0.29) is 0 Å². The van der Waals surface area contributed by atoms with Gasteiger partial charge in [-0.15, -0.1) is 0 Å². The van der Waals surface area contributed by atoms with Crippen LogP contribution in [0.2, 0.25) is 0 Å². The Balaban J connectivity index is 2.75. The number of ether oxygens (including phenoxy) is 1. The van der Waals surface area contributed by atoms with Crippen LogP contribution in [0.3, 0.4) is 0 Å². The predicted molar refractivity (Wildman–Crippen MR) is 59.3 cm³/mol. The second-order valence-electron chi connectivity index (χ2n) is 4.49. The van der Waals surface area contributed by atoms with Crippen LogP contribution in [0.15, 0.2) is 0 Å². The summed E-state index contributed by atoms with van der Waals surface area (Å²) in [7, 11) is 0. The van der Waals surface area contributed by atoms with E-state index in [0.29, 0.717) is 0 Å². The summed E-state index contributed by atoms with van der Waals surface area (Å²) in [5.41, 5.74) is -2.81. The molecule has 0 atom stereocenters. The van der Waals surface area contributed by atoms with Crippen LogP contribution >= 0.6 is 0 Å². The zero-order valence-electron chi connectivity index (χ0n) is 11.5. The molecule has 2 aromatic rings. The Morgan fingerprint density at radius 1 is 0.538 bits per heavy atom. The molecule has 2 aromatic carbocycles. The number of phenolic OH excluding ortho intramolecular Hbond substituents is 1. The number of phenols is 1. The third-order valence-corrected chi connectivity index (χ3v) is 2.91. The lowest BCUT2D eigenvalue weighted by atomic mass is 10.1. The van der Waals surface area contributed by atoms with E-state index in [9.17, 15) is 48.3 Å². The van der Waals surface area contributed by atoms with Gasteiger partial charge in [0.25, 0.3) is 0 Å². The molecular weight excluding hydrogens is 397 g/mol. The van der Waals surface area contributed by atoms with Crippen molar-refractivity contribution in [1.82, 2.24) is 0 Å². The molecule has 26 heavy (non-hydrogen) atoms. The molecule has 2 nitrogen and oxygen atoms in total. The highest BCUT2D eigenvalue weighted by Gasteiger charge is 2.43. The average Bonchev–Trinajstić information content (AvgIpc) is 2.55. The van der Waals surface area contributed by atoms with Gasteiger partial charge in [-0.1, -0.05) is 0 Å². The third-order valence-electron chi connectivity index (χ3n) is 2.91. The van der Waals surface area contributed by atoms with Gasteiger partial charge in [0.1, 0.15) is 5.56 Å². The zero-order chi connectivity index (χ0) is 20.1. The Morgan fingerprint density at radius 3 is 1.31 bits per heavy atom. The van der Waals surface area contributed by atoms with Gasteiger partial charge >= 0.3 is 6.18 Å². The Hall–Kier alpha value is -2.73. The third kappa shape index (κ3) is 2.86. The first-order valence-corrected chi connectivity index (χ1v) is 5.96. The first-order valence-electron chi connectivity index (χ1n) is 5.96. The fourth-order valence-electron chi connectivity index (χ4n) is 1.75. The zero-order valence-corrected chi connectivity index (χ0v) is 11.5. The molecule has 0 radical (unpaired) electrons. The van der Waals surface area contributed by atoms with Crippen LogP contribution in [0.25, 0.3) is 0 Å². The van der Waals surface area contributed by atoms with E-state index in [2.05, 4.69) is 4.74 Å². The molecule has 0 aliphatic carbocycles. The van der Waals surface area contributed by atoms with Crippen molar-refractivity contribution in [3.05, 3.63) is 52.1 Å². The van der Waals surface area contributed by atoms with E-state index in [1.54, 1.807) is 0 Å². The van der Waals surface area contributed by atoms with E-state index in [0.717, 1.165) is 0 Å². The lowest BCUT2D eigenvalue weighted by Crippen LogP contribution is -2.13. The second kappa shape index (κ2) is 6.21. The minimum Gasteiger partial charge on any atom is -0.504 e. The molecule has 13 heteroatoms. The lowest BCUT2D eigenvalue weighted by Gasteiger charge is -2.16. The fourth-order valence-corrected chi connectivity index (χ4v) is 1.75. The van der Waals surface area contributed by atoms with E-state index in [4.69, 9.17) is 5.11 Å². The minimum absolute atomic E-state index is 2.34. The van der Waals surface area contributed by atoms with E-state index in [1.807, 2.05) is 0 Å². The van der Waals surface area contributed by atoms with Gasteiger partial charge in [0.15, 0.2) is 11.6 Å². The van der Waals surface area contributed by atoms with Crippen molar-refractivity contribution in [2.45, 2.75) is 6.18 Å². The van der Waals surface area contributed by atoms with Crippen molar-refractivity contribution >= 4 is 0 Å². The Bertz CT molecular complexity index is 846. The molecule has 0 fully saturated rings. The van der Waals surface area contributed by atoms with Crippen LogP contribution in [-0.4, -0.2) is 5.11 Å². The summed E-state index contributed by atoms with van der Waals surface area (Å²) in [5.74, 6) is -29.1. The van der Waals surface area contributed by atoms with Gasteiger partial charge in [-0.2, -0.15) is 30.7 Å². The normalized spacial score (nSPS) is 11.8. The Kier molecular flexibility index (Phi) is 4.68. The SMILES string of the molecule is Oc1c(F)c(Oc2c(F)c(F)c(F)c(F)c2F)c(F)c(F)c1C(F)(F)F. The van der Waals surface area contributed by atoms with Crippen LogP contribution in [-0.2, 0) is 6.18 Å². The first kappa shape index (κ1) is 19.6. The molecule has 0 aliphatic rings. The average molecular weight is 398 g/mol. The van der Waals surface area contributed by atoms with Crippen LogP contribution in [0.1, 0.15) is 5.56 Å². The fraction of sp³-hybridized carbons (Fsp3) is 0.0769. The molecule has 142 valence electrons. The van der Waals surface area contributed by atoms with Crippen molar-refractivity contribution in [2.24, 2.45) is 0 Å². The summed E-state index contributed by atoms with van der Waals surface area (Å²) in [6.45, 7) is 0. The lowest BCUT2D eigenvalue weighted by molar-refractivity contribution is -0.141. The number of alkyl halides is 3. The quantitative estimate of drug-likeness (QED) is 0.422. The van der Waals surface area contributed by atoms with Gasteiger partial charge in [-0.3, -0.25) is 0 Å². The van der Waals surface area contributed by atoms with Crippen molar-refractivity contribution in [3.63, 3.8) is 0 Å². The van der Waals surface area contributed by atoms with Crippen LogP contribution in [0.5, 0.6) is 17.2 Å². The van der Waals surface area contributed by atoms with Crippen molar-refractivity contribution < 1.29 is 58.1 Å². The standard InChI is InChI=1S/C13HF11O2/c14-2-1(13(22,23)24)10(25)9(21)12(6(2)18)26-11-7(19)4(16)3(15)5(17)8(11)20/h25H. The van der Waals surface area contributed by atoms with Crippen molar-refractivity contribution in [2.75, 3.05) is 0 Å². The highest BCUT2D eigenvalue weighted by Crippen LogP contribution is 2.45. The molecule has 0 heterocycles. The van der Waals surface area contributed by atoms with E-state index >= 15 is 0 Å². The molecule has 1 N–H and O–H groups in total. The molecule has 0 aliphatic heterocycles. The van der Waals surface area contributed by atoms with Gasteiger partial charge in [-0.25, -0.2) is 17.6 Å². The summed E-state index contributed by atoms with van der Waals surface area (Å²) in [6, 6.07) is 0. The van der Waals surface area contributed by atoms with E-state index in [1.165, 1.54) is 0 Å². The van der Waals surface area contributed by atoms with Crippen LogP contribution in [0, 0.1) is 46.5 Å². The summed E-state index contributed by atoms with van der Waals surface area (Å²) in [6.07, 6.45) is -5.79. The number of hydrogen-bond donors (Lipinski definition) is 1. The molecule has 0 unspecified atom stereocenters. The van der Waals surface area contributed by atoms with Crippen LogP contribution in [0.4, 0.5) is 48.3 Å². The summed E-state index contributed by atoms with van der Waals surface area (Å²) >= 11 is 0. The molecule has 0 saturated heterocycles. The minimum atomic E-state index is -5.79. The Morgan fingerprint density at radius 2 is 0.885 bits per heavy atom. The maximum Gasteiger partial charge on any atom is 0.423 e. The van der Waals surface area contributed by atoms with Gasteiger partial charge in [0.05, 0.1) is 0 Å². The Labute approximate surface area is 135 Å². The topological polar surface area (TPSA) is 29.5 Å². The van der Waals surface area contributed by atoms with Crippen LogP contribution < -0.4 is 4.74 Å². The molecule has 0 aromatic heterocycles. The number of halogens is 11. The predicted octanol–water partition coefficient (Wildman–Crippen LogP) is 5.32. The summed E-state index contributed by atoms with van der Waals surface area (Å²) < 4.78 is 147. The van der Waals surface area contributed by atoms with Gasteiger partial charge in [0.2, 0.25) is 52.2 Å².